The maximum Gasteiger partial charge on any atom is 0.275 e. The van der Waals surface area contributed by atoms with Crippen LogP contribution in [0.4, 0.5) is 4.39 Å². The van der Waals surface area contributed by atoms with E-state index in [0.717, 1.165) is 0 Å². The largest absolute Gasteiger partial charge is 0.490 e. The van der Waals surface area contributed by atoms with Crippen molar-refractivity contribution >= 4 is 15.9 Å². The van der Waals surface area contributed by atoms with Crippen molar-refractivity contribution in [3.8, 4) is 5.75 Å². The van der Waals surface area contributed by atoms with Crippen LogP contribution >= 0.6 is 15.9 Å². The minimum absolute atomic E-state index is 0.148. The fraction of sp³-hybridized carbons (Fsp3) is 0.625. The molecule has 1 aromatic heterocycles. The molecule has 0 aromatic carbocycles. The summed E-state index contributed by atoms with van der Waals surface area (Å²) in [7, 11) is 1.41. The number of hydrogen-bond donors (Lipinski definition) is 0. The van der Waals surface area contributed by atoms with Crippen LogP contribution < -0.4 is 4.74 Å². The van der Waals surface area contributed by atoms with Crippen molar-refractivity contribution in [1.82, 2.24) is 9.78 Å². The monoisotopic (exact) mass is 250 g/mol. The molecule has 0 aliphatic rings. The summed E-state index contributed by atoms with van der Waals surface area (Å²) >= 11 is 3.23. The highest BCUT2D eigenvalue weighted by molar-refractivity contribution is 9.10. The number of hydrogen-bond acceptors (Lipinski definition) is 2. The first kappa shape index (κ1) is 10.5. The average molecular weight is 251 g/mol. The lowest BCUT2D eigenvalue weighted by molar-refractivity contribution is 0.336. The minimum Gasteiger partial charge on any atom is -0.490 e. The molecule has 0 unspecified atom stereocenters. The van der Waals surface area contributed by atoms with Crippen LogP contribution in [0.15, 0.2) is 4.60 Å². The molecule has 74 valence electrons. The van der Waals surface area contributed by atoms with E-state index in [1.165, 1.54) is 7.11 Å². The lowest BCUT2D eigenvalue weighted by atomic mass is 10.1. The van der Waals surface area contributed by atoms with Gasteiger partial charge in [0.2, 0.25) is 5.75 Å². The molecule has 1 rings (SSSR count). The Balaban J connectivity index is 3.26. The number of aromatic nitrogens is 2. The van der Waals surface area contributed by atoms with Crippen LogP contribution in [0.5, 0.6) is 5.75 Å². The van der Waals surface area contributed by atoms with Gasteiger partial charge >= 0.3 is 0 Å². The molecule has 0 amide bonds. The number of methoxy groups -OCH3 is 1. The molecule has 3 nitrogen and oxygen atoms in total. The molecule has 1 heterocycles. The summed E-state index contributed by atoms with van der Waals surface area (Å²) in [6.45, 7) is 5.80. The quantitative estimate of drug-likeness (QED) is 0.766. The van der Waals surface area contributed by atoms with Crippen LogP contribution in [-0.2, 0) is 5.54 Å². The molecule has 0 spiro atoms. The number of ether oxygens (including phenoxy) is 1. The van der Waals surface area contributed by atoms with Crippen molar-refractivity contribution in [3.05, 3.63) is 10.6 Å². The maximum atomic E-state index is 13.1. The van der Waals surface area contributed by atoms with E-state index >= 15 is 0 Å². The molecule has 0 N–H and O–H groups in total. The minimum atomic E-state index is -0.593. The zero-order valence-corrected chi connectivity index (χ0v) is 9.64. The summed E-state index contributed by atoms with van der Waals surface area (Å²) in [6.07, 6.45) is 0. The topological polar surface area (TPSA) is 27.1 Å². The van der Waals surface area contributed by atoms with Gasteiger partial charge in [0.25, 0.3) is 5.95 Å². The molecule has 5 heteroatoms. The summed E-state index contributed by atoms with van der Waals surface area (Å²) in [4.78, 5) is 0. The maximum absolute atomic E-state index is 13.1. The van der Waals surface area contributed by atoms with Crippen molar-refractivity contribution < 1.29 is 9.13 Å². The van der Waals surface area contributed by atoms with Crippen LogP contribution in [0.25, 0.3) is 0 Å². The number of nitrogens with zero attached hydrogens (tertiary/aromatic N) is 2. The van der Waals surface area contributed by atoms with Gasteiger partial charge in [0.1, 0.15) is 4.60 Å². The SMILES string of the molecule is COc1c(F)nn(C(C)(C)C)c1Br. The van der Waals surface area contributed by atoms with Gasteiger partial charge in [0.15, 0.2) is 0 Å². The van der Waals surface area contributed by atoms with Gasteiger partial charge in [-0.1, -0.05) is 0 Å². The first-order chi connectivity index (χ1) is 5.88. The normalized spacial score (nSPS) is 11.8. The lowest BCUT2D eigenvalue weighted by Gasteiger charge is -2.19. The summed E-state index contributed by atoms with van der Waals surface area (Å²) < 4.78 is 20.0. The highest BCUT2D eigenvalue weighted by Gasteiger charge is 2.24. The van der Waals surface area contributed by atoms with Gasteiger partial charge in [0, 0.05) is 0 Å². The first-order valence-electron chi connectivity index (χ1n) is 3.86. The van der Waals surface area contributed by atoms with E-state index in [-0.39, 0.29) is 11.3 Å². The summed E-state index contributed by atoms with van der Waals surface area (Å²) in [6, 6.07) is 0. The average Bonchev–Trinajstić information content (AvgIpc) is 2.25. The van der Waals surface area contributed by atoms with Crippen LogP contribution in [0.2, 0.25) is 0 Å². The van der Waals surface area contributed by atoms with Crippen LogP contribution in [0.1, 0.15) is 20.8 Å². The Morgan fingerprint density at radius 2 is 2.00 bits per heavy atom. The third kappa shape index (κ3) is 1.85. The molecule has 13 heavy (non-hydrogen) atoms. The van der Waals surface area contributed by atoms with Gasteiger partial charge in [-0.15, -0.1) is 5.10 Å². The predicted molar refractivity (Wildman–Crippen MR) is 51.4 cm³/mol. The predicted octanol–water partition coefficient (Wildman–Crippen LogP) is 2.55. The van der Waals surface area contributed by atoms with E-state index in [4.69, 9.17) is 4.74 Å². The van der Waals surface area contributed by atoms with E-state index in [1.54, 1.807) is 4.68 Å². The molecule has 1 aromatic rings. The molecular weight excluding hydrogens is 239 g/mol. The second-order valence-corrected chi connectivity index (χ2v) is 4.45. The first-order valence-corrected chi connectivity index (χ1v) is 4.65. The van der Waals surface area contributed by atoms with Gasteiger partial charge in [-0.3, -0.25) is 0 Å². The van der Waals surface area contributed by atoms with Crippen molar-refractivity contribution in [3.63, 3.8) is 0 Å². The standard InChI is InChI=1S/C8H12BrFN2O/c1-8(2,3)12-6(9)5(13-4)7(10)11-12/h1-4H3. The van der Waals surface area contributed by atoms with E-state index in [1.807, 2.05) is 20.8 Å². The van der Waals surface area contributed by atoms with E-state index in [9.17, 15) is 4.39 Å². The second kappa shape index (κ2) is 3.29. The zero-order valence-electron chi connectivity index (χ0n) is 8.06. The van der Waals surface area contributed by atoms with E-state index in [0.29, 0.717) is 4.60 Å². The second-order valence-electron chi connectivity index (χ2n) is 3.70. The Morgan fingerprint density at radius 3 is 2.23 bits per heavy atom. The molecule has 0 fully saturated rings. The Morgan fingerprint density at radius 1 is 1.46 bits per heavy atom. The van der Waals surface area contributed by atoms with Gasteiger partial charge in [-0.2, -0.15) is 4.39 Å². The van der Waals surface area contributed by atoms with Crippen molar-refractivity contribution in [1.29, 1.82) is 0 Å². The fourth-order valence-electron chi connectivity index (χ4n) is 0.971. The lowest BCUT2D eigenvalue weighted by Crippen LogP contribution is -2.23. The zero-order chi connectivity index (χ0) is 10.2. The van der Waals surface area contributed by atoms with Gasteiger partial charge in [-0.05, 0) is 36.7 Å². The molecule has 0 aliphatic carbocycles. The molecule has 0 aliphatic heterocycles. The van der Waals surface area contributed by atoms with Crippen molar-refractivity contribution in [2.75, 3.05) is 7.11 Å². The molecular formula is C8H12BrFN2O. The van der Waals surface area contributed by atoms with Crippen LogP contribution in [0.3, 0.4) is 0 Å². The summed E-state index contributed by atoms with van der Waals surface area (Å²) in [5.41, 5.74) is -0.267. The van der Waals surface area contributed by atoms with Gasteiger partial charge in [0.05, 0.1) is 12.6 Å². The molecule has 0 saturated heterocycles. The molecule has 0 radical (unpaired) electrons. The highest BCUT2D eigenvalue weighted by atomic mass is 79.9. The van der Waals surface area contributed by atoms with Crippen molar-refractivity contribution in [2.24, 2.45) is 0 Å². The van der Waals surface area contributed by atoms with Gasteiger partial charge < -0.3 is 4.74 Å². The smallest absolute Gasteiger partial charge is 0.275 e. The van der Waals surface area contributed by atoms with Crippen molar-refractivity contribution in [2.45, 2.75) is 26.3 Å². The third-order valence-electron chi connectivity index (χ3n) is 1.59. The van der Waals surface area contributed by atoms with Crippen LogP contribution in [0, 0.1) is 5.95 Å². The van der Waals surface area contributed by atoms with E-state index in [2.05, 4.69) is 21.0 Å². The number of rotatable bonds is 1. The van der Waals surface area contributed by atoms with Crippen LogP contribution in [-0.4, -0.2) is 16.9 Å². The molecule has 0 saturated carbocycles. The Kier molecular flexibility index (Phi) is 2.66. The van der Waals surface area contributed by atoms with Gasteiger partial charge in [-0.25, -0.2) is 4.68 Å². The number of halogens is 2. The Bertz CT molecular complexity index is 317. The fourth-order valence-corrected chi connectivity index (χ4v) is 1.91. The Labute approximate surface area is 85.0 Å². The highest BCUT2D eigenvalue weighted by Crippen LogP contribution is 2.31. The molecule has 0 atom stereocenters. The summed E-state index contributed by atoms with van der Waals surface area (Å²) in [5, 5.41) is 3.73. The third-order valence-corrected chi connectivity index (χ3v) is 2.28. The summed E-state index contributed by atoms with van der Waals surface area (Å²) in [5.74, 6) is -0.445. The molecule has 0 bridgehead atoms. The Hall–Kier alpha value is -0.580. The van der Waals surface area contributed by atoms with E-state index < -0.39 is 5.95 Å².